The Morgan fingerprint density at radius 2 is 1.91 bits per heavy atom. The first-order valence-corrected chi connectivity index (χ1v) is 11.7. The van der Waals surface area contributed by atoms with Gasteiger partial charge in [0.15, 0.2) is 5.52 Å². The highest BCUT2D eigenvalue weighted by molar-refractivity contribution is 5.81. The van der Waals surface area contributed by atoms with Crippen LogP contribution >= 0.6 is 0 Å². The van der Waals surface area contributed by atoms with Crippen LogP contribution in [0.4, 0.5) is 0 Å². The van der Waals surface area contributed by atoms with Crippen molar-refractivity contribution in [1.82, 2.24) is 30.0 Å². The number of aromatic amines is 1. The minimum Gasteiger partial charge on any atom is -0.496 e. The molecule has 0 aliphatic carbocycles. The molecule has 0 spiro atoms. The topological polar surface area (TPSA) is 88.1 Å². The van der Waals surface area contributed by atoms with E-state index in [0.717, 1.165) is 43.7 Å². The monoisotopic (exact) mass is 458 g/mol. The molecule has 8 heteroatoms. The molecule has 0 bridgehead atoms. The van der Waals surface area contributed by atoms with E-state index in [-0.39, 0.29) is 5.56 Å². The number of para-hydroxylation sites is 1. The smallest absolute Gasteiger partial charge is 0.277 e. The first-order chi connectivity index (χ1) is 16.6. The Hall–Kier alpha value is -3.49. The van der Waals surface area contributed by atoms with Crippen molar-refractivity contribution < 1.29 is 4.74 Å². The Balaban J connectivity index is 1.47. The molecule has 0 atom stereocenters. The van der Waals surface area contributed by atoms with Crippen molar-refractivity contribution in [3.8, 4) is 22.8 Å². The zero-order valence-corrected chi connectivity index (χ0v) is 19.8. The highest BCUT2D eigenvalue weighted by Gasteiger charge is 2.20. The lowest BCUT2D eigenvalue weighted by molar-refractivity contribution is 0.194. The molecule has 0 radical (unpaired) electrons. The minimum absolute atomic E-state index is 0.233. The molecule has 1 fully saturated rings. The van der Waals surface area contributed by atoms with Crippen molar-refractivity contribution in [2.75, 3.05) is 27.2 Å². The average Bonchev–Trinajstić information content (AvgIpc) is 3.22. The molecule has 0 amide bonds. The Bertz CT molecular complexity index is 1350. The highest BCUT2D eigenvalue weighted by Crippen LogP contribution is 2.30. The Labute approximate surface area is 198 Å². The fourth-order valence-electron chi connectivity index (χ4n) is 4.71. The van der Waals surface area contributed by atoms with Crippen LogP contribution in [0.15, 0.2) is 53.3 Å². The number of methoxy groups -OCH3 is 1. The third-order valence-corrected chi connectivity index (χ3v) is 6.62. The molecule has 1 saturated heterocycles. The summed E-state index contributed by atoms with van der Waals surface area (Å²) in [5.41, 5.74) is 4.25. The number of hydrogen-bond acceptors (Lipinski definition) is 6. The van der Waals surface area contributed by atoms with Crippen LogP contribution in [0.2, 0.25) is 0 Å². The summed E-state index contributed by atoms with van der Waals surface area (Å²) in [4.78, 5) is 23.4. The zero-order chi connectivity index (χ0) is 23.7. The maximum Gasteiger partial charge on any atom is 0.277 e. The first-order valence-electron chi connectivity index (χ1n) is 11.7. The first kappa shape index (κ1) is 22.3. The predicted molar refractivity (Wildman–Crippen MR) is 134 cm³/mol. The second-order valence-electron chi connectivity index (χ2n) is 8.82. The van der Waals surface area contributed by atoms with Gasteiger partial charge in [-0.25, -0.2) is 9.67 Å². The number of likely N-dealkylation sites (tertiary alicyclic amines) is 1. The summed E-state index contributed by atoms with van der Waals surface area (Å²) in [6, 6.07) is 16.3. The summed E-state index contributed by atoms with van der Waals surface area (Å²) >= 11 is 0. The molecule has 1 aliphatic rings. The van der Waals surface area contributed by atoms with Crippen LogP contribution in [0.25, 0.3) is 28.1 Å². The highest BCUT2D eigenvalue weighted by atomic mass is 16.5. The SMILES string of the molecule is CNC1CCN(Cc2ccc(-c3nc4c(C)nn(-c5ccccc5)c4c(=O)[nH]3)c(OC)c2)CC1. The summed E-state index contributed by atoms with van der Waals surface area (Å²) in [6.45, 7) is 4.90. The normalized spacial score (nSPS) is 15.1. The summed E-state index contributed by atoms with van der Waals surface area (Å²) < 4.78 is 7.36. The number of aryl methyl sites for hydroxylation is 1. The van der Waals surface area contributed by atoms with Gasteiger partial charge in [-0.3, -0.25) is 9.69 Å². The fraction of sp³-hybridized carbons (Fsp3) is 0.346. The van der Waals surface area contributed by atoms with Crippen molar-refractivity contribution >= 4 is 11.0 Å². The van der Waals surface area contributed by atoms with Crippen molar-refractivity contribution in [3.63, 3.8) is 0 Å². The number of piperidine rings is 1. The number of nitrogens with zero attached hydrogens (tertiary/aromatic N) is 4. The number of ether oxygens (including phenoxy) is 1. The number of hydrogen-bond donors (Lipinski definition) is 2. The Morgan fingerprint density at radius 3 is 2.62 bits per heavy atom. The van der Waals surface area contributed by atoms with Crippen LogP contribution in [0.5, 0.6) is 5.75 Å². The molecule has 2 N–H and O–H groups in total. The Kier molecular flexibility index (Phi) is 6.17. The molecule has 34 heavy (non-hydrogen) atoms. The number of nitrogens with one attached hydrogen (secondary N) is 2. The third-order valence-electron chi connectivity index (χ3n) is 6.62. The second kappa shape index (κ2) is 9.40. The largest absolute Gasteiger partial charge is 0.496 e. The van der Waals surface area contributed by atoms with Crippen molar-refractivity contribution in [1.29, 1.82) is 0 Å². The van der Waals surface area contributed by atoms with E-state index in [0.29, 0.717) is 34.3 Å². The van der Waals surface area contributed by atoms with Gasteiger partial charge >= 0.3 is 0 Å². The number of benzene rings is 2. The molecule has 176 valence electrons. The molecule has 0 saturated carbocycles. The van der Waals surface area contributed by atoms with Gasteiger partial charge in [0.05, 0.1) is 24.1 Å². The van der Waals surface area contributed by atoms with E-state index in [9.17, 15) is 4.79 Å². The van der Waals surface area contributed by atoms with Gasteiger partial charge < -0.3 is 15.0 Å². The lowest BCUT2D eigenvalue weighted by Gasteiger charge is -2.31. The van der Waals surface area contributed by atoms with Crippen LogP contribution in [0, 0.1) is 6.92 Å². The van der Waals surface area contributed by atoms with Gasteiger partial charge in [-0.15, -0.1) is 0 Å². The van der Waals surface area contributed by atoms with Crippen molar-refractivity contribution in [2.24, 2.45) is 0 Å². The van der Waals surface area contributed by atoms with Crippen molar-refractivity contribution in [3.05, 3.63) is 70.1 Å². The lowest BCUT2D eigenvalue weighted by Crippen LogP contribution is -2.40. The van der Waals surface area contributed by atoms with Crippen LogP contribution in [-0.4, -0.2) is 57.9 Å². The van der Waals surface area contributed by atoms with E-state index in [2.05, 4.69) is 26.4 Å². The summed E-state index contributed by atoms with van der Waals surface area (Å²) in [6.07, 6.45) is 2.32. The van der Waals surface area contributed by atoms with Crippen LogP contribution in [0.1, 0.15) is 24.1 Å². The molecule has 0 unspecified atom stereocenters. The molecule has 1 aliphatic heterocycles. The van der Waals surface area contributed by atoms with Gasteiger partial charge in [-0.2, -0.15) is 5.10 Å². The molecule has 3 heterocycles. The minimum atomic E-state index is -0.233. The summed E-state index contributed by atoms with van der Waals surface area (Å²) in [7, 11) is 3.68. The molecular formula is C26H30N6O2. The maximum absolute atomic E-state index is 13.2. The number of fused-ring (bicyclic) bond motifs is 1. The molecule has 2 aromatic carbocycles. The number of rotatable bonds is 6. The van der Waals surface area contributed by atoms with E-state index < -0.39 is 0 Å². The quantitative estimate of drug-likeness (QED) is 0.461. The van der Waals surface area contributed by atoms with Gasteiger partial charge in [0.2, 0.25) is 0 Å². The molecule has 2 aromatic heterocycles. The zero-order valence-electron chi connectivity index (χ0n) is 19.8. The van der Waals surface area contributed by atoms with E-state index in [4.69, 9.17) is 9.72 Å². The van der Waals surface area contributed by atoms with Crippen LogP contribution in [-0.2, 0) is 6.54 Å². The van der Waals surface area contributed by atoms with Gasteiger partial charge in [-0.05, 0) is 69.7 Å². The average molecular weight is 459 g/mol. The van der Waals surface area contributed by atoms with E-state index >= 15 is 0 Å². The molecule has 8 nitrogen and oxygen atoms in total. The molecule has 4 aromatic rings. The molecule has 5 rings (SSSR count). The predicted octanol–water partition coefficient (Wildman–Crippen LogP) is 3.28. The maximum atomic E-state index is 13.2. The van der Waals surface area contributed by atoms with Crippen LogP contribution in [0.3, 0.4) is 0 Å². The van der Waals surface area contributed by atoms with Gasteiger partial charge in [0.1, 0.15) is 17.1 Å². The van der Waals surface area contributed by atoms with Gasteiger partial charge in [-0.1, -0.05) is 24.3 Å². The number of H-pyrrole nitrogens is 1. The van der Waals surface area contributed by atoms with Gasteiger partial charge in [0.25, 0.3) is 5.56 Å². The second-order valence-corrected chi connectivity index (χ2v) is 8.82. The Morgan fingerprint density at radius 1 is 1.15 bits per heavy atom. The van der Waals surface area contributed by atoms with E-state index in [1.165, 1.54) is 5.56 Å². The van der Waals surface area contributed by atoms with Crippen LogP contribution < -0.4 is 15.6 Å². The third kappa shape index (κ3) is 4.22. The number of aromatic nitrogens is 4. The van der Waals surface area contributed by atoms with Gasteiger partial charge in [0, 0.05) is 12.6 Å². The fourth-order valence-corrected chi connectivity index (χ4v) is 4.71. The lowest BCUT2D eigenvalue weighted by atomic mass is 10.0. The van der Waals surface area contributed by atoms with Crippen molar-refractivity contribution in [2.45, 2.75) is 32.4 Å². The van der Waals surface area contributed by atoms with E-state index in [1.54, 1.807) is 11.8 Å². The van der Waals surface area contributed by atoms with E-state index in [1.807, 2.05) is 56.4 Å². The standard InChI is InChI=1S/C26H30N6O2/c1-17-23-24(32(30-17)20-7-5-4-6-8-20)26(33)29-25(28-23)21-10-9-18(15-22(21)34-3)16-31-13-11-19(27-2)12-14-31/h4-10,15,19,27H,11-14,16H2,1-3H3,(H,28,29,33). The molecular weight excluding hydrogens is 428 g/mol. The summed E-state index contributed by atoms with van der Waals surface area (Å²) in [5, 5.41) is 7.96. The summed E-state index contributed by atoms with van der Waals surface area (Å²) in [5.74, 6) is 1.17.